The van der Waals surface area contributed by atoms with E-state index in [2.05, 4.69) is 30.2 Å². The van der Waals surface area contributed by atoms with Gasteiger partial charge in [0.2, 0.25) is 5.95 Å². The molecule has 0 spiro atoms. The number of aromatic nitrogens is 4. The molecule has 108 valence electrons. The second-order valence-electron chi connectivity index (χ2n) is 5.10. The van der Waals surface area contributed by atoms with Crippen LogP contribution in [0.5, 0.6) is 0 Å². The van der Waals surface area contributed by atoms with Gasteiger partial charge in [-0.15, -0.1) is 0 Å². The van der Waals surface area contributed by atoms with Gasteiger partial charge in [0, 0.05) is 13.6 Å². The SMILES string of the molecule is CNc1nc(N2CCCCCC2CO)c2[nH]cnc2n1. The fourth-order valence-electron chi connectivity index (χ4n) is 2.78. The van der Waals surface area contributed by atoms with Gasteiger partial charge >= 0.3 is 0 Å². The van der Waals surface area contributed by atoms with Crippen molar-refractivity contribution in [2.45, 2.75) is 31.7 Å². The van der Waals surface area contributed by atoms with Gasteiger partial charge in [-0.05, 0) is 12.8 Å². The lowest BCUT2D eigenvalue weighted by atomic mass is 10.1. The van der Waals surface area contributed by atoms with Crippen LogP contribution in [0.4, 0.5) is 11.8 Å². The predicted octanol–water partition coefficient (Wildman–Crippen LogP) is 1.14. The minimum absolute atomic E-state index is 0.114. The molecule has 1 aliphatic heterocycles. The highest BCUT2D eigenvalue weighted by Gasteiger charge is 2.24. The van der Waals surface area contributed by atoms with E-state index in [-0.39, 0.29) is 12.6 Å². The molecule has 1 saturated heterocycles. The van der Waals surface area contributed by atoms with Crippen LogP contribution < -0.4 is 10.2 Å². The highest BCUT2D eigenvalue weighted by atomic mass is 16.3. The molecule has 7 nitrogen and oxygen atoms in total. The summed E-state index contributed by atoms with van der Waals surface area (Å²) >= 11 is 0. The molecule has 1 atom stereocenters. The van der Waals surface area contributed by atoms with Crippen molar-refractivity contribution < 1.29 is 5.11 Å². The molecule has 3 rings (SSSR count). The van der Waals surface area contributed by atoms with Crippen molar-refractivity contribution in [3.05, 3.63) is 6.33 Å². The molecule has 0 radical (unpaired) electrons. The second kappa shape index (κ2) is 5.62. The number of nitrogens with one attached hydrogen (secondary N) is 2. The van der Waals surface area contributed by atoms with E-state index in [4.69, 9.17) is 0 Å². The number of hydrogen-bond acceptors (Lipinski definition) is 6. The molecule has 0 saturated carbocycles. The summed E-state index contributed by atoms with van der Waals surface area (Å²) < 4.78 is 0. The van der Waals surface area contributed by atoms with E-state index < -0.39 is 0 Å². The molecule has 3 N–H and O–H groups in total. The Labute approximate surface area is 117 Å². The third-order valence-electron chi connectivity index (χ3n) is 3.85. The average Bonchev–Trinajstić information content (AvgIpc) is 2.82. The van der Waals surface area contributed by atoms with Gasteiger partial charge in [0.25, 0.3) is 0 Å². The Bertz CT molecular complexity index is 583. The summed E-state index contributed by atoms with van der Waals surface area (Å²) in [6.45, 7) is 1.05. The van der Waals surface area contributed by atoms with Crippen molar-refractivity contribution in [2.75, 3.05) is 30.4 Å². The molecule has 20 heavy (non-hydrogen) atoms. The standard InChI is InChI=1S/C13H20N6O/c1-14-13-17-11-10(15-8-16-11)12(18-13)19-6-4-2-3-5-9(19)7-20/h8-9,20H,2-7H2,1H3,(H2,14,15,16,17,18). The Morgan fingerprint density at radius 3 is 3.10 bits per heavy atom. The zero-order valence-electron chi connectivity index (χ0n) is 11.6. The summed E-state index contributed by atoms with van der Waals surface area (Å²) in [5.74, 6) is 1.39. The van der Waals surface area contributed by atoms with Gasteiger partial charge in [-0.3, -0.25) is 0 Å². The first-order chi connectivity index (χ1) is 9.83. The lowest BCUT2D eigenvalue weighted by Crippen LogP contribution is -2.38. The van der Waals surface area contributed by atoms with Gasteiger partial charge in [0.05, 0.1) is 19.0 Å². The molecule has 7 heteroatoms. The first-order valence-electron chi connectivity index (χ1n) is 7.10. The molecule has 2 aromatic heterocycles. The third-order valence-corrected chi connectivity index (χ3v) is 3.85. The number of H-pyrrole nitrogens is 1. The van der Waals surface area contributed by atoms with E-state index in [1.165, 1.54) is 6.42 Å². The number of hydrogen-bond donors (Lipinski definition) is 3. The van der Waals surface area contributed by atoms with Crippen molar-refractivity contribution in [2.24, 2.45) is 0 Å². The number of anilines is 2. The molecular weight excluding hydrogens is 256 g/mol. The molecule has 1 fully saturated rings. The molecule has 0 aliphatic carbocycles. The molecule has 0 aromatic carbocycles. The van der Waals surface area contributed by atoms with Crippen LogP contribution >= 0.6 is 0 Å². The molecule has 0 amide bonds. The number of imidazole rings is 1. The summed E-state index contributed by atoms with van der Waals surface area (Å²) in [6.07, 6.45) is 6.09. The minimum atomic E-state index is 0.114. The van der Waals surface area contributed by atoms with Crippen molar-refractivity contribution >= 4 is 22.9 Å². The topological polar surface area (TPSA) is 90.0 Å². The Morgan fingerprint density at radius 1 is 1.40 bits per heavy atom. The summed E-state index contributed by atoms with van der Waals surface area (Å²) in [4.78, 5) is 18.4. The molecule has 1 aliphatic rings. The van der Waals surface area contributed by atoms with Gasteiger partial charge in [-0.25, -0.2) is 4.98 Å². The summed E-state index contributed by atoms with van der Waals surface area (Å²) in [5.41, 5.74) is 1.49. The highest BCUT2D eigenvalue weighted by molar-refractivity contribution is 5.84. The quantitative estimate of drug-likeness (QED) is 0.779. The van der Waals surface area contributed by atoms with Crippen LogP contribution in [0, 0.1) is 0 Å². The van der Waals surface area contributed by atoms with Gasteiger partial charge in [-0.1, -0.05) is 12.8 Å². The number of nitrogens with zero attached hydrogens (tertiary/aromatic N) is 4. The summed E-state index contributed by atoms with van der Waals surface area (Å²) in [5, 5.41) is 12.6. The van der Waals surface area contributed by atoms with Crippen molar-refractivity contribution in [3.8, 4) is 0 Å². The van der Waals surface area contributed by atoms with Gasteiger partial charge < -0.3 is 20.3 Å². The number of fused-ring (bicyclic) bond motifs is 1. The van der Waals surface area contributed by atoms with Gasteiger partial charge in [-0.2, -0.15) is 9.97 Å². The normalized spacial score (nSPS) is 20.1. The Hall–Kier alpha value is -1.89. The average molecular weight is 276 g/mol. The maximum atomic E-state index is 9.67. The van der Waals surface area contributed by atoms with E-state index in [1.807, 2.05) is 0 Å². The van der Waals surface area contributed by atoms with E-state index in [0.717, 1.165) is 37.1 Å². The van der Waals surface area contributed by atoms with Crippen LogP contribution in [-0.4, -0.2) is 51.3 Å². The number of aromatic amines is 1. The summed E-state index contributed by atoms with van der Waals surface area (Å²) in [7, 11) is 1.80. The third kappa shape index (κ3) is 2.29. The predicted molar refractivity (Wildman–Crippen MR) is 77.9 cm³/mol. The fraction of sp³-hybridized carbons (Fsp3) is 0.615. The molecular formula is C13H20N6O. The fourth-order valence-corrected chi connectivity index (χ4v) is 2.78. The maximum absolute atomic E-state index is 9.67. The lowest BCUT2D eigenvalue weighted by Gasteiger charge is -2.30. The van der Waals surface area contributed by atoms with Crippen molar-refractivity contribution in [3.63, 3.8) is 0 Å². The second-order valence-corrected chi connectivity index (χ2v) is 5.10. The zero-order chi connectivity index (χ0) is 13.9. The first kappa shape index (κ1) is 13.1. The van der Waals surface area contributed by atoms with Crippen LogP contribution in [-0.2, 0) is 0 Å². The number of aliphatic hydroxyl groups is 1. The molecule has 0 bridgehead atoms. The molecule has 1 unspecified atom stereocenters. The highest BCUT2D eigenvalue weighted by Crippen LogP contribution is 2.28. The minimum Gasteiger partial charge on any atom is -0.394 e. The number of aliphatic hydroxyl groups excluding tert-OH is 1. The van der Waals surface area contributed by atoms with E-state index in [0.29, 0.717) is 11.6 Å². The Balaban J connectivity index is 2.08. The lowest BCUT2D eigenvalue weighted by molar-refractivity contribution is 0.254. The Morgan fingerprint density at radius 2 is 2.30 bits per heavy atom. The van der Waals surface area contributed by atoms with Crippen LogP contribution in [0.25, 0.3) is 11.2 Å². The molecule has 2 aromatic rings. The Kier molecular flexibility index (Phi) is 3.68. The first-order valence-corrected chi connectivity index (χ1v) is 7.10. The molecule has 3 heterocycles. The van der Waals surface area contributed by atoms with Gasteiger partial charge in [0.1, 0.15) is 5.52 Å². The van der Waals surface area contributed by atoms with E-state index >= 15 is 0 Å². The van der Waals surface area contributed by atoms with Crippen LogP contribution in [0.3, 0.4) is 0 Å². The van der Waals surface area contributed by atoms with Crippen molar-refractivity contribution in [1.29, 1.82) is 0 Å². The van der Waals surface area contributed by atoms with E-state index in [9.17, 15) is 5.11 Å². The maximum Gasteiger partial charge on any atom is 0.226 e. The number of rotatable bonds is 3. The largest absolute Gasteiger partial charge is 0.394 e. The van der Waals surface area contributed by atoms with Crippen LogP contribution in [0.15, 0.2) is 6.33 Å². The van der Waals surface area contributed by atoms with Crippen LogP contribution in [0.1, 0.15) is 25.7 Å². The van der Waals surface area contributed by atoms with Crippen molar-refractivity contribution in [1.82, 2.24) is 19.9 Å². The van der Waals surface area contributed by atoms with Crippen LogP contribution in [0.2, 0.25) is 0 Å². The van der Waals surface area contributed by atoms with E-state index in [1.54, 1.807) is 13.4 Å². The summed E-state index contributed by atoms with van der Waals surface area (Å²) in [6, 6.07) is 0.114. The zero-order valence-corrected chi connectivity index (χ0v) is 11.6. The smallest absolute Gasteiger partial charge is 0.226 e. The van der Waals surface area contributed by atoms with Gasteiger partial charge in [0.15, 0.2) is 11.5 Å². The monoisotopic (exact) mass is 276 g/mol.